The van der Waals surface area contributed by atoms with Gasteiger partial charge in [-0.05, 0) is 24.3 Å². The molecule has 0 aliphatic heterocycles. The quantitative estimate of drug-likeness (QED) is 0.712. The van der Waals surface area contributed by atoms with Crippen molar-refractivity contribution >= 4 is 21.6 Å². The molecule has 0 spiro atoms. The predicted molar refractivity (Wildman–Crippen MR) is 87.5 cm³/mol. The van der Waals surface area contributed by atoms with Crippen molar-refractivity contribution in [2.75, 3.05) is 5.32 Å². The summed E-state index contributed by atoms with van der Waals surface area (Å²) in [7, 11) is -1.99. The van der Waals surface area contributed by atoms with Crippen LogP contribution in [0.15, 0.2) is 63.5 Å². The number of nitrogens with zero attached hydrogens (tertiary/aromatic N) is 3. The zero-order valence-corrected chi connectivity index (χ0v) is 14.0. The lowest BCUT2D eigenvalue weighted by Crippen LogP contribution is -2.27. The number of hydrogen-bond donors (Lipinski definition) is 2. The molecule has 0 saturated heterocycles. The maximum Gasteiger partial charge on any atom is 0.319 e. The van der Waals surface area contributed by atoms with Gasteiger partial charge in [-0.3, -0.25) is 4.68 Å². The van der Waals surface area contributed by atoms with Crippen molar-refractivity contribution in [1.29, 1.82) is 0 Å². The summed E-state index contributed by atoms with van der Waals surface area (Å²) in [6.07, 6.45) is 5.49. The van der Waals surface area contributed by atoms with Crippen molar-refractivity contribution in [3.8, 4) is 0 Å². The third kappa shape index (κ3) is 3.86. The molecule has 25 heavy (non-hydrogen) atoms. The molecule has 0 fully saturated rings. The number of oxazole rings is 1. The molecule has 1 aromatic carbocycles. The number of rotatable bonds is 5. The van der Waals surface area contributed by atoms with Gasteiger partial charge in [-0.15, -0.1) is 0 Å². The van der Waals surface area contributed by atoms with E-state index < -0.39 is 15.9 Å². The Kier molecular flexibility index (Phi) is 4.52. The zero-order valence-electron chi connectivity index (χ0n) is 13.2. The summed E-state index contributed by atoms with van der Waals surface area (Å²) in [5.41, 5.74) is 0.459. The fraction of sp³-hybridized carbons (Fsp3) is 0.133. The maximum atomic E-state index is 12.4. The zero-order chi connectivity index (χ0) is 17.9. The highest BCUT2D eigenvalue weighted by atomic mass is 32.2. The van der Waals surface area contributed by atoms with Crippen molar-refractivity contribution in [2.24, 2.45) is 7.05 Å². The van der Waals surface area contributed by atoms with E-state index in [4.69, 9.17) is 4.42 Å². The van der Waals surface area contributed by atoms with E-state index in [-0.39, 0.29) is 16.3 Å². The molecular weight excluding hydrogens is 346 g/mol. The fourth-order valence-corrected chi connectivity index (χ4v) is 3.31. The first kappa shape index (κ1) is 16.7. The summed E-state index contributed by atoms with van der Waals surface area (Å²) in [6, 6.07) is 5.43. The Balaban J connectivity index is 1.65. The number of hydrogen-bond acceptors (Lipinski definition) is 6. The third-order valence-electron chi connectivity index (χ3n) is 3.32. The second-order valence-corrected chi connectivity index (χ2v) is 7.10. The number of benzene rings is 1. The van der Waals surface area contributed by atoms with Gasteiger partial charge in [0.15, 0.2) is 6.39 Å². The van der Waals surface area contributed by atoms with Crippen molar-refractivity contribution in [3.05, 3.63) is 55.0 Å². The number of urea groups is 1. The Morgan fingerprint density at radius 2 is 1.96 bits per heavy atom. The van der Waals surface area contributed by atoms with Gasteiger partial charge in [0.25, 0.3) is 0 Å². The Morgan fingerprint density at radius 1 is 1.20 bits per heavy atom. The lowest BCUT2D eigenvalue weighted by molar-refractivity contribution is 0.251. The number of aromatic nitrogens is 3. The molecule has 0 unspecified atom stereocenters. The van der Waals surface area contributed by atoms with Crippen molar-refractivity contribution in [1.82, 2.24) is 20.1 Å². The first-order chi connectivity index (χ1) is 11.9. The number of nitrogens with one attached hydrogen (secondary N) is 2. The summed E-state index contributed by atoms with van der Waals surface area (Å²) in [5, 5.41) is 9.06. The van der Waals surface area contributed by atoms with Crippen molar-refractivity contribution in [3.63, 3.8) is 0 Å². The molecule has 2 amide bonds. The van der Waals surface area contributed by atoms with Gasteiger partial charge in [-0.2, -0.15) is 5.10 Å². The van der Waals surface area contributed by atoms with Gasteiger partial charge in [-0.25, -0.2) is 18.2 Å². The average Bonchev–Trinajstić information content (AvgIpc) is 3.25. The summed E-state index contributed by atoms with van der Waals surface area (Å²) in [4.78, 5) is 15.8. The molecule has 0 aliphatic rings. The van der Waals surface area contributed by atoms with Gasteiger partial charge < -0.3 is 15.1 Å². The Labute approximate surface area is 143 Å². The van der Waals surface area contributed by atoms with Crippen LogP contribution in [-0.2, 0) is 23.4 Å². The van der Waals surface area contributed by atoms with Crippen LogP contribution in [0.5, 0.6) is 0 Å². The minimum Gasteiger partial charge on any atom is -0.447 e. The molecule has 0 aliphatic carbocycles. The lowest BCUT2D eigenvalue weighted by Gasteiger charge is -2.07. The van der Waals surface area contributed by atoms with E-state index >= 15 is 0 Å². The fourth-order valence-electron chi connectivity index (χ4n) is 2.06. The molecule has 3 rings (SSSR count). The average molecular weight is 361 g/mol. The number of carbonyl (C=O) groups is 1. The molecule has 0 saturated carbocycles. The second kappa shape index (κ2) is 6.77. The van der Waals surface area contributed by atoms with Gasteiger partial charge in [-0.1, -0.05) is 0 Å². The molecule has 0 atom stereocenters. The standard InChI is InChI=1S/C15H15N5O4S/c1-20-9-14(8-18-20)25(22,23)13-4-2-11(3-5-13)19-15(21)17-7-12-6-16-10-24-12/h2-6,8-10H,7H2,1H3,(H2,17,19,21). The van der Waals surface area contributed by atoms with Gasteiger partial charge in [0.1, 0.15) is 10.7 Å². The smallest absolute Gasteiger partial charge is 0.319 e. The second-order valence-electron chi connectivity index (χ2n) is 5.15. The minimum atomic E-state index is -3.63. The number of carbonyl (C=O) groups excluding carboxylic acids is 1. The normalized spacial score (nSPS) is 11.2. The molecule has 3 aromatic rings. The molecule has 2 aromatic heterocycles. The number of sulfone groups is 1. The number of amides is 2. The Morgan fingerprint density at radius 3 is 2.56 bits per heavy atom. The predicted octanol–water partition coefficient (Wildman–Crippen LogP) is 1.56. The van der Waals surface area contributed by atoms with Crippen molar-refractivity contribution in [2.45, 2.75) is 16.3 Å². The summed E-state index contributed by atoms with van der Waals surface area (Å²) in [6.45, 7) is 0.194. The third-order valence-corrected chi connectivity index (χ3v) is 5.04. The molecule has 130 valence electrons. The van der Waals surface area contributed by atoms with Gasteiger partial charge >= 0.3 is 6.03 Å². The van der Waals surface area contributed by atoms with Crippen LogP contribution in [0.1, 0.15) is 5.76 Å². The van der Waals surface area contributed by atoms with E-state index in [1.165, 1.54) is 53.9 Å². The Bertz CT molecular complexity index is 962. The molecular formula is C15H15N5O4S. The first-order valence-electron chi connectivity index (χ1n) is 7.21. The van der Waals surface area contributed by atoms with Crippen LogP contribution >= 0.6 is 0 Å². The maximum absolute atomic E-state index is 12.4. The molecule has 2 N–H and O–H groups in total. The largest absolute Gasteiger partial charge is 0.447 e. The summed E-state index contributed by atoms with van der Waals surface area (Å²) < 4.78 is 31.3. The monoisotopic (exact) mass is 361 g/mol. The van der Waals surface area contributed by atoms with Crippen LogP contribution in [-0.4, -0.2) is 29.2 Å². The molecule has 9 nitrogen and oxygen atoms in total. The van der Waals surface area contributed by atoms with E-state index in [0.717, 1.165) is 0 Å². The molecule has 0 bridgehead atoms. The van der Waals surface area contributed by atoms with Gasteiger partial charge in [0.2, 0.25) is 9.84 Å². The summed E-state index contributed by atoms with van der Waals surface area (Å²) in [5.74, 6) is 0.521. The van der Waals surface area contributed by atoms with E-state index in [9.17, 15) is 13.2 Å². The van der Waals surface area contributed by atoms with E-state index in [1.807, 2.05) is 0 Å². The highest BCUT2D eigenvalue weighted by molar-refractivity contribution is 7.91. The van der Waals surface area contributed by atoms with Crippen LogP contribution in [0.3, 0.4) is 0 Å². The molecule has 10 heteroatoms. The van der Waals surface area contributed by atoms with Crippen LogP contribution in [0, 0.1) is 0 Å². The topological polar surface area (TPSA) is 119 Å². The van der Waals surface area contributed by atoms with Crippen LogP contribution < -0.4 is 10.6 Å². The minimum absolute atomic E-state index is 0.112. The Hall–Kier alpha value is -3.14. The first-order valence-corrected chi connectivity index (χ1v) is 8.69. The highest BCUT2D eigenvalue weighted by Gasteiger charge is 2.19. The number of anilines is 1. The number of aryl methyl sites for hydroxylation is 1. The highest BCUT2D eigenvalue weighted by Crippen LogP contribution is 2.21. The van der Waals surface area contributed by atoms with E-state index in [0.29, 0.717) is 11.4 Å². The van der Waals surface area contributed by atoms with Gasteiger partial charge in [0.05, 0.1) is 23.8 Å². The molecule has 2 heterocycles. The van der Waals surface area contributed by atoms with Gasteiger partial charge in [0, 0.05) is 18.9 Å². The summed E-state index contributed by atoms with van der Waals surface area (Å²) >= 11 is 0. The molecule has 0 radical (unpaired) electrons. The van der Waals surface area contributed by atoms with Crippen LogP contribution in [0.4, 0.5) is 10.5 Å². The van der Waals surface area contributed by atoms with E-state index in [1.54, 1.807) is 7.05 Å². The SMILES string of the molecule is Cn1cc(S(=O)(=O)c2ccc(NC(=O)NCc3cnco3)cc2)cn1. The lowest BCUT2D eigenvalue weighted by atomic mass is 10.3. The van der Waals surface area contributed by atoms with Crippen LogP contribution in [0.25, 0.3) is 0 Å². The van der Waals surface area contributed by atoms with Crippen molar-refractivity contribution < 1.29 is 17.6 Å². The van der Waals surface area contributed by atoms with Crippen LogP contribution in [0.2, 0.25) is 0 Å². The van der Waals surface area contributed by atoms with E-state index in [2.05, 4.69) is 20.7 Å².